The van der Waals surface area contributed by atoms with Crippen molar-refractivity contribution in [3.05, 3.63) is 58.9 Å². The van der Waals surface area contributed by atoms with E-state index in [1.54, 1.807) is 7.11 Å². The maximum absolute atomic E-state index is 12.8. The number of carbonyl (C=O) groups is 1. The molecule has 2 aromatic rings. The van der Waals surface area contributed by atoms with E-state index in [2.05, 4.69) is 29.8 Å². The lowest BCUT2D eigenvalue weighted by Gasteiger charge is -2.26. The summed E-state index contributed by atoms with van der Waals surface area (Å²) in [4.78, 5) is 14.7. The minimum Gasteiger partial charge on any atom is -0.385 e. The van der Waals surface area contributed by atoms with E-state index in [-0.39, 0.29) is 5.91 Å². The molecule has 2 rings (SSSR count). The highest BCUT2D eigenvalue weighted by atomic mass is 35.5. The molecule has 0 fully saturated rings. The number of hydrogen-bond donors (Lipinski definition) is 1. The fraction of sp³-hybridized carbons (Fsp3) is 0.500. The van der Waals surface area contributed by atoms with Crippen molar-refractivity contribution in [3.63, 3.8) is 0 Å². The van der Waals surface area contributed by atoms with Gasteiger partial charge in [-0.2, -0.15) is 0 Å². The third-order valence-electron chi connectivity index (χ3n) is 4.49. The van der Waals surface area contributed by atoms with Crippen LogP contribution in [-0.4, -0.2) is 48.7 Å². The van der Waals surface area contributed by atoms with Crippen LogP contribution in [0.5, 0.6) is 0 Å². The van der Waals surface area contributed by atoms with Gasteiger partial charge in [-0.3, -0.25) is 4.79 Å². The molecule has 0 saturated carbocycles. The van der Waals surface area contributed by atoms with Crippen LogP contribution < -0.4 is 5.32 Å². The Morgan fingerprint density at radius 1 is 1.25 bits per heavy atom. The number of rotatable bonds is 12. The van der Waals surface area contributed by atoms with Crippen LogP contribution in [0, 0.1) is 5.92 Å². The molecular weight excluding hydrogens is 374 g/mol. The van der Waals surface area contributed by atoms with Gasteiger partial charge in [0.25, 0.3) is 0 Å². The molecule has 0 radical (unpaired) electrons. The molecule has 5 nitrogen and oxygen atoms in total. The predicted molar refractivity (Wildman–Crippen MR) is 115 cm³/mol. The van der Waals surface area contributed by atoms with E-state index in [0.29, 0.717) is 32.2 Å². The number of halogens is 1. The van der Waals surface area contributed by atoms with E-state index < -0.39 is 0 Å². The number of benzene rings is 1. The lowest BCUT2D eigenvalue weighted by atomic mass is 10.2. The van der Waals surface area contributed by atoms with Crippen molar-refractivity contribution < 1.29 is 9.53 Å². The Hall–Kier alpha value is -1.82. The normalized spacial score (nSPS) is 11.2. The van der Waals surface area contributed by atoms with Gasteiger partial charge in [-0.05, 0) is 42.6 Å². The van der Waals surface area contributed by atoms with E-state index in [1.807, 2.05) is 41.4 Å². The van der Waals surface area contributed by atoms with Crippen molar-refractivity contribution >= 4 is 17.5 Å². The minimum absolute atomic E-state index is 0.122. The minimum atomic E-state index is 0.122. The number of hydrogen-bond acceptors (Lipinski definition) is 3. The summed E-state index contributed by atoms with van der Waals surface area (Å²) in [7, 11) is 1.69. The molecule has 1 aromatic heterocycles. The van der Waals surface area contributed by atoms with E-state index in [4.69, 9.17) is 16.3 Å². The van der Waals surface area contributed by atoms with E-state index >= 15 is 0 Å². The Bertz CT molecular complexity index is 730. The van der Waals surface area contributed by atoms with Crippen LogP contribution in [0.15, 0.2) is 42.6 Å². The van der Waals surface area contributed by atoms with Crippen molar-refractivity contribution in [2.24, 2.45) is 5.92 Å². The Morgan fingerprint density at radius 3 is 2.75 bits per heavy atom. The fourth-order valence-corrected chi connectivity index (χ4v) is 3.29. The standard InChI is InChI=1S/C22H32ClN3O2/c1-18(2)15-26(22(27)14-24-11-7-13-28-3)17-20-9-6-12-25(20)16-19-8-4-5-10-21(19)23/h4-6,8-10,12,18,24H,7,11,13-17H2,1-3H3. The molecule has 0 atom stereocenters. The summed E-state index contributed by atoms with van der Waals surface area (Å²) in [6.45, 7) is 8.11. The molecule has 1 aromatic carbocycles. The summed E-state index contributed by atoms with van der Waals surface area (Å²) in [5.74, 6) is 0.529. The highest BCUT2D eigenvalue weighted by Gasteiger charge is 2.17. The fourth-order valence-electron chi connectivity index (χ4n) is 3.10. The summed E-state index contributed by atoms with van der Waals surface area (Å²) >= 11 is 6.32. The van der Waals surface area contributed by atoms with Crippen molar-refractivity contribution in [3.8, 4) is 0 Å². The van der Waals surface area contributed by atoms with Gasteiger partial charge in [0.15, 0.2) is 0 Å². The third kappa shape index (κ3) is 7.30. The molecule has 1 N–H and O–H groups in total. The zero-order valence-electron chi connectivity index (χ0n) is 17.2. The molecule has 154 valence electrons. The highest BCUT2D eigenvalue weighted by molar-refractivity contribution is 6.31. The smallest absolute Gasteiger partial charge is 0.236 e. The summed E-state index contributed by atoms with van der Waals surface area (Å²) in [6, 6.07) is 12.0. The molecule has 0 bridgehead atoms. The number of ether oxygens (including phenoxy) is 1. The van der Waals surface area contributed by atoms with Gasteiger partial charge in [0.2, 0.25) is 5.91 Å². The maximum Gasteiger partial charge on any atom is 0.236 e. The zero-order chi connectivity index (χ0) is 20.4. The van der Waals surface area contributed by atoms with Crippen LogP contribution in [0.4, 0.5) is 0 Å². The molecule has 1 amide bonds. The second kappa shape index (κ2) is 11.9. The number of nitrogens with zero attached hydrogens (tertiary/aromatic N) is 2. The van der Waals surface area contributed by atoms with Crippen LogP contribution >= 0.6 is 11.6 Å². The molecule has 0 unspecified atom stereocenters. The molecule has 1 heterocycles. The van der Waals surface area contributed by atoms with Gasteiger partial charge in [0.05, 0.1) is 13.1 Å². The molecule has 0 aliphatic carbocycles. The number of methoxy groups -OCH3 is 1. The van der Waals surface area contributed by atoms with Crippen molar-refractivity contribution in [2.45, 2.75) is 33.4 Å². The summed E-state index contributed by atoms with van der Waals surface area (Å²) in [6.07, 6.45) is 2.94. The Morgan fingerprint density at radius 2 is 2.04 bits per heavy atom. The van der Waals surface area contributed by atoms with Crippen molar-refractivity contribution in [2.75, 3.05) is 33.4 Å². The second-order valence-corrected chi connectivity index (χ2v) is 7.82. The average Bonchev–Trinajstić information content (AvgIpc) is 3.09. The summed E-state index contributed by atoms with van der Waals surface area (Å²) in [5.41, 5.74) is 2.18. The number of carbonyl (C=O) groups excluding carboxylic acids is 1. The Labute approximate surface area is 173 Å². The van der Waals surface area contributed by atoms with E-state index in [0.717, 1.165) is 35.8 Å². The van der Waals surface area contributed by atoms with Crippen LogP contribution in [-0.2, 0) is 22.6 Å². The van der Waals surface area contributed by atoms with E-state index in [9.17, 15) is 4.79 Å². The molecule has 0 saturated heterocycles. The highest BCUT2D eigenvalue weighted by Crippen LogP contribution is 2.18. The first kappa shape index (κ1) is 22.5. The Kier molecular flexibility index (Phi) is 9.55. The average molecular weight is 406 g/mol. The zero-order valence-corrected chi connectivity index (χ0v) is 17.9. The largest absolute Gasteiger partial charge is 0.385 e. The van der Waals surface area contributed by atoms with E-state index in [1.165, 1.54) is 0 Å². The van der Waals surface area contributed by atoms with Gasteiger partial charge in [-0.25, -0.2) is 0 Å². The molecular formula is C22H32ClN3O2. The first-order chi connectivity index (χ1) is 13.5. The maximum atomic E-state index is 12.8. The first-order valence-electron chi connectivity index (χ1n) is 9.86. The van der Waals surface area contributed by atoms with Crippen LogP contribution in [0.25, 0.3) is 0 Å². The number of amides is 1. The van der Waals surface area contributed by atoms with Gasteiger partial charge in [-0.1, -0.05) is 43.6 Å². The van der Waals surface area contributed by atoms with Crippen LogP contribution in [0.3, 0.4) is 0 Å². The molecule has 0 aliphatic rings. The van der Waals surface area contributed by atoms with Crippen LogP contribution in [0.1, 0.15) is 31.5 Å². The van der Waals surface area contributed by atoms with Gasteiger partial charge >= 0.3 is 0 Å². The van der Waals surface area contributed by atoms with Gasteiger partial charge < -0.3 is 19.5 Å². The quantitative estimate of drug-likeness (QED) is 0.546. The molecule has 6 heteroatoms. The lowest BCUT2D eigenvalue weighted by Crippen LogP contribution is -2.40. The topological polar surface area (TPSA) is 46.5 Å². The van der Waals surface area contributed by atoms with Gasteiger partial charge in [0, 0.05) is 43.7 Å². The van der Waals surface area contributed by atoms with Crippen molar-refractivity contribution in [1.29, 1.82) is 0 Å². The molecule has 0 aliphatic heterocycles. The lowest BCUT2D eigenvalue weighted by molar-refractivity contribution is -0.131. The Balaban J connectivity index is 2.01. The third-order valence-corrected chi connectivity index (χ3v) is 4.86. The number of aromatic nitrogens is 1. The predicted octanol–water partition coefficient (Wildman–Crippen LogP) is 3.80. The monoisotopic (exact) mass is 405 g/mol. The first-order valence-corrected chi connectivity index (χ1v) is 10.2. The van der Waals surface area contributed by atoms with Gasteiger partial charge in [-0.15, -0.1) is 0 Å². The van der Waals surface area contributed by atoms with Crippen LogP contribution in [0.2, 0.25) is 5.02 Å². The SMILES string of the molecule is COCCCNCC(=O)N(Cc1cccn1Cc1ccccc1Cl)CC(C)C. The summed E-state index contributed by atoms with van der Waals surface area (Å²) in [5, 5.41) is 3.98. The second-order valence-electron chi connectivity index (χ2n) is 7.41. The summed E-state index contributed by atoms with van der Waals surface area (Å²) < 4.78 is 7.20. The number of nitrogens with one attached hydrogen (secondary N) is 1. The molecule has 28 heavy (non-hydrogen) atoms. The molecule has 0 spiro atoms. The van der Waals surface area contributed by atoms with Gasteiger partial charge in [0.1, 0.15) is 0 Å². The van der Waals surface area contributed by atoms with Crippen molar-refractivity contribution in [1.82, 2.24) is 14.8 Å².